The second-order valence-electron chi connectivity index (χ2n) is 5.17. The van der Waals surface area contributed by atoms with Crippen molar-refractivity contribution in [3.8, 4) is 5.69 Å². The lowest BCUT2D eigenvalue weighted by Crippen LogP contribution is -2.21. The summed E-state index contributed by atoms with van der Waals surface area (Å²) in [5.41, 5.74) is 2.39. The number of hydrogen-bond donors (Lipinski definition) is 0. The van der Waals surface area contributed by atoms with Crippen LogP contribution < -0.4 is 4.90 Å². The van der Waals surface area contributed by atoms with Gasteiger partial charge < -0.3 is 4.90 Å². The van der Waals surface area contributed by atoms with Crippen LogP contribution in [0, 0.1) is 12.7 Å². The monoisotopic (exact) mass is 297 g/mol. The fraction of sp³-hybridized carbons (Fsp3) is 0.188. The van der Waals surface area contributed by atoms with Gasteiger partial charge in [0, 0.05) is 13.6 Å². The summed E-state index contributed by atoms with van der Waals surface area (Å²) in [6.45, 7) is 2.27. The maximum atomic E-state index is 13.7. The minimum absolute atomic E-state index is 0.200. The summed E-state index contributed by atoms with van der Waals surface area (Å²) in [6.07, 6.45) is 0. The van der Waals surface area contributed by atoms with E-state index in [2.05, 4.69) is 15.5 Å². The number of tetrazole rings is 1. The van der Waals surface area contributed by atoms with Crippen LogP contribution in [-0.2, 0) is 6.54 Å². The average Bonchev–Trinajstić information content (AvgIpc) is 3.01. The Hall–Kier alpha value is -2.76. The number of anilines is 1. The van der Waals surface area contributed by atoms with Crippen molar-refractivity contribution in [2.24, 2.45) is 0 Å². The van der Waals surface area contributed by atoms with E-state index in [1.807, 2.05) is 48.3 Å². The van der Waals surface area contributed by atoms with Crippen LogP contribution in [0.3, 0.4) is 0 Å². The highest BCUT2D eigenvalue weighted by Gasteiger charge is 2.13. The fourth-order valence-electron chi connectivity index (χ4n) is 2.24. The molecule has 0 saturated carbocycles. The second-order valence-corrected chi connectivity index (χ2v) is 5.17. The van der Waals surface area contributed by atoms with Crippen LogP contribution in [0.5, 0.6) is 0 Å². The van der Waals surface area contributed by atoms with E-state index >= 15 is 0 Å². The third kappa shape index (κ3) is 2.81. The van der Waals surface area contributed by atoms with Gasteiger partial charge in [-0.3, -0.25) is 0 Å². The van der Waals surface area contributed by atoms with Gasteiger partial charge in [0.25, 0.3) is 0 Å². The topological polar surface area (TPSA) is 46.8 Å². The van der Waals surface area contributed by atoms with Crippen LogP contribution in [0.25, 0.3) is 5.69 Å². The molecule has 0 fully saturated rings. The first-order chi connectivity index (χ1) is 10.6. The van der Waals surface area contributed by atoms with Crippen LogP contribution in [0.15, 0.2) is 48.5 Å². The van der Waals surface area contributed by atoms with E-state index in [1.54, 1.807) is 23.7 Å². The summed E-state index contributed by atoms with van der Waals surface area (Å²) in [4.78, 5) is 1.89. The van der Waals surface area contributed by atoms with E-state index in [0.29, 0.717) is 18.1 Å². The lowest BCUT2D eigenvalue weighted by atomic mass is 10.1. The molecule has 0 aliphatic rings. The molecule has 0 aliphatic carbocycles. The lowest BCUT2D eigenvalue weighted by Gasteiger charge is -2.18. The summed E-state index contributed by atoms with van der Waals surface area (Å²) in [6, 6.07) is 14.9. The molecule has 1 heterocycles. The number of hydrogen-bond acceptors (Lipinski definition) is 4. The predicted molar refractivity (Wildman–Crippen MR) is 82.4 cm³/mol. The molecule has 22 heavy (non-hydrogen) atoms. The molecule has 2 aromatic carbocycles. The van der Waals surface area contributed by atoms with Gasteiger partial charge in [-0.15, -0.1) is 0 Å². The Balaban J connectivity index is 1.85. The van der Waals surface area contributed by atoms with Crippen LogP contribution >= 0.6 is 0 Å². The van der Waals surface area contributed by atoms with Crippen molar-refractivity contribution in [2.75, 3.05) is 11.9 Å². The van der Waals surface area contributed by atoms with Crippen molar-refractivity contribution in [1.29, 1.82) is 0 Å². The van der Waals surface area contributed by atoms with E-state index in [9.17, 15) is 4.39 Å². The zero-order chi connectivity index (χ0) is 15.5. The number of halogens is 1. The van der Waals surface area contributed by atoms with Crippen molar-refractivity contribution in [1.82, 2.24) is 20.2 Å². The molecular formula is C16H16FN5. The zero-order valence-corrected chi connectivity index (χ0v) is 12.4. The number of nitrogens with zero attached hydrogens (tertiary/aromatic N) is 5. The molecule has 0 atom stereocenters. The Labute approximate surface area is 128 Å². The molecule has 1 aromatic heterocycles. The molecule has 0 aliphatic heterocycles. The Morgan fingerprint density at radius 2 is 1.91 bits per heavy atom. The normalized spacial score (nSPS) is 10.7. The summed E-state index contributed by atoms with van der Waals surface area (Å²) in [5, 5.41) is 11.8. The van der Waals surface area contributed by atoms with Gasteiger partial charge in [0.1, 0.15) is 5.82 Å². The molecule has 3 aromatic rings. The van der Waals surface area contributed by atoms with Crippen molar-refractivity contribution >= 4 is 5.95 Å². The molecule has 0 saturated heterocycles. The molecule has 0 radical (unpaired) electrons. The highest BCUT2D eigenvalue weighted by atomic mass is 19.1. The molecule has 5 nitrogen and oxygen atoms in total. The van der Waals surface area contributed by atoms with Crippen molar-refractivity contribution in [3.63, 3.8) is 0 Å². The lowest BCUT2D eigenvalue weighted by molar-refractivity contribution is 0.615. The number of aromatic nitrogens is 4. The van der Waals surface area contributed by atoms with E-state index in [0.717, 1.165) is 11.3 Å². The van der Waals surface area contributed by atoms with Gasteiger partial charge in [0.05, 0.1) is 5.69 Å². The minimum atomic E-state index is -0.200. The third-order valence-electron chi connectivity index (χ3n) is 3.45. The van der Waals surface area contributed by atoms with Gasteiger partial charge in [-0.1, -0.05) is 35.4 Å². The Kier molecular flexibility index (Phi) is 3.82. The number of aryl methyl sites for hydroxylation is 1. The molecular weight excluding hydrogens is 281 g/mol. The van der Waals surface area contributed by atoms with Crippen molar-refractivity contribution in [2.45, 2.75) is 13.5 Å². The van der Waals surface area contributed by atoms with Gasteiger partial charge in [0.15, 0.2) is 0 Å². The van der Waals surface area contributed by atoms with Crippen LogP contribution in [0.1, 0.15) is 11.1 Å². The van der Waals surface area contributed by atoms with Gasteiger partial charge in [-0.2, -0.15) is 4.68 Å². The smallest absolute Gasteiger partial charge is 0.250 e. The number of benzene rings is 2. The zero-order valence-electron chi connectivity index (χ0n) is 12.4. The highest BCUT2D eigenvalue weighted by Crippen LogP contribution is 2.17. The molecule has 112 valence electrons. The maximum absolute atomic E-state index is 13.7. The predicted octanol–water partition coefficient (Wildman–Crippen LogP) is 2.75. The molecule has 3 rings (SSSR count). The Bertz CT molecular complexity index is 769. The summed E-state index contributed by atoms with van der Waals surface area (Å²) in [7, 11) is 1.88. The summed E-state index contributed by atoms with van der Waals surface area (Å²) >= 11 is 0. The second kappa shape index (κ2) is 5.93. The van der Waals surface area contributed by atoms with E-state index < -0.39 is 0 Å². The SMILES string of the molecule is Cc1ccc(CN(C)c2nnnn2-c2ccccc2)cc1F. The molecule has 0 amide bonds. The summed E-state index contributed by atoms with van der Waals surface area (Å²) in [5.74, 6) is 0.403. The first-order valence-electron chi connectivity index (χ1n) is 6.95. The van der Waals surface area contributed by atoms with E-state index in [-0.39, 0.29) is 5.82 Å². The van der Waals surface area contributed by atoms with Crippen molar-refractivity contribution in [3.05, 3.63) is 65.5 Å². The summed E-state index contributed by atoms with van der Waals surface area (Å²) < 4.78 is 15.3. The quantitative estimate of drug-likeness (QED) is 0.743. The van der Waals surface area contributed by atoms with Gasteiger partial charge >= 0.3 is 0 Å². The van der Waals surface area contributed by atoms with Crippen LogP contribution in [0.4, 0.5) is 10.3 Å². The minimum Gasteiger partial charge on any atom is -0.338 e. The molecule has 0 spiro atoms. The largest absolute Gasteiger partial charge is 0.338 e. The van der Waals surface area contributed by atoms with Gasteiger partial charge in [0.2, 0.25) is 5.95 Å². The van der Waals surface area contributed by atoms with E-state index in [1.165, 1.54) is 0 Å². The first kappa shape index (κ1) is 14.2. The van der Waals surface area contributed by atoms with Crippen LogP contribution in [-0.4, -0.2) is 27.3 Å². The molecule has 0 bridgehead atoms. The van der Waals surface area contributed by atoms with Gasteiger partial charge in [-0.25, -0.2) is 4.39 Å². The number of para-hydroxylation sites is 1. The standard InChI is InChI=1S/C16H16FN5/c1-12-8-9-13(10-15(12)17)11-21(2)16-18-19-20-22(16)14-6-4-3-5-7-14/h3-10H,11H2,1-2H3. The van der Waals surface area contributed by atoms with E-state index in [4.69, 9.17) is 0 Å². The maximum Gasteiger partial charge on any atom is 0.250 e. The Morgan fingerprint density at radius 1 is 1.14 bits per heavy atom. The molecule has 0 N–H and O–H groups in total. The first-order valence-corrected chi connectivity index (χ1v) is 6.95. The molecule has 0 unspecified atom stereocenters. The Morgan fingerprint density at radius 3 is 2.64 bits per heavy atom. The molecule has 6 heteroatoms. The average molecular weight is 297 g/mol. The third-order valence-corrected chi connectivity index (χ3v) is 3.45. The van der Waals surface area contributed by atoms with Crippen LogP contribution in [0.2, 0.25) is 0 Å². The number of rotatable bonds is 4. The fourth-order valence-corrected chi connectivity index (χ4v) is 2.24. The van der Waals surface area contributed by atoms with Gasteiger partial charge in [-0.05, 0) is 46.7 Å². The van der Waals surface area contributed by atoms with Crippen molar-refractivity contribution < 1.29 is 4.39 Å². The highest BCUT2D eigenvalue weighted by molar-refractivity contribution is 5.40.